The average molecular weight is 256 g/mol. The highest BCUT2D eigenvalue weighted by Crippen LogP contribution is 2.30. The summed E-state index contributed by atoms with van der Waals surface area (Å²) in [5.41, 5.74) is 4.52. The zero-order valence-corrected chi connectivity index (χ0v) is 11.7. The molecule has 0 saturated carbocycles. The van der Waals surface area contributed by atoms with Crippen molar-refractivity contribution in [3.05, 3.63) is 29.3 Å². The summed E-state index contributed by atoms with van der Waals surface area (Å²) in [6.45, 7) is 2.64. The lowest BCUT2D eigenvalue weighted by Crippen LogP contribution is -2.42. The molecule has 102 valence electrons. The molecule has 0 bridgehead atoms. The number of nitrogens with zero attached hydrogens (tertiary/aromatic N) is 1. The molecular formula is C17H24N2. The quantitative estimate of drug-likeness (QED) is 0.874. The van der Waals surface area contributed by atoms with Crippen molar-refractivity contribution in [2.45, 2.75) is 57.0 Å². The summed E-state index contributed by atoms with van der Waals surface area (Å²) in [6.07, 6.45) is 9.41. The van der Waals surface area contributed by atoms with Crippen molar-refractivity contribution in [1.29, 1.82) is 0 Å². The summed E-state index contributed by atoms with van der Waals surface area (Å²) in [4.78, 5) is 2.70. The Balaban J connectivity index is 1.44. The number of piperidine rings is 1. The van der Waals surface area contributed by atoms with Crippen LogP contribution in [0.4, 0.5) is 5.69 Å². The molecule has 2 heterocycles. The van der Waals surface area contributed by atoms with E-state index in [1.807, 2.05) is 0 Å². The Bertz CT molecular complexity index is 468. The second-order valence-corrected chi connectivity index (χ2v) is 6.53. The fourth-order valence-corrected chi connectivity index (χ4v) is 4.25. The van der Waals surface area contributed by atoms with Crippen LogP contribution in [-0.4, -0.2) is 30.1 Å². The van der Waals surface area contributed by atoms with Crippen LogP contribution in [0.15, 0.2) is 18.2 Å². The van der Waals surface area contributed by atoms with Crippen LogP contribution in [0.1, 0.15) is 43.2 Å². The minimum absolute atomic E-state index is 0.693. The number of hydrogen-bond acceptors (Lipinski definition) is 2. The SMILES string of the molecule is c1cc2c(cc1NC1CCN3CCCC3C1)CCC2. The summed E-state index contributed by atoms with van der Waals surface area (Å²) in [7, 11) is 0. The first-order chi connectivity index (χ1) is 9.38. The third-order valence-corrected chi connectivity index (χ3v) is 5.29. The van der Waals surface area contributed by atoms with Crippen molar-refractivity contribution in [2.75, 3.05) is 18.4 Å². The highest BCUT2D eigenvalue weighted by molar-refractivity contribution is 5.50. The Labute approximate surface area is 116 Å². The molecule has 1 N–H and O–H groups in total. The van der Waals surface area contributed by atoms with Crippen molar-refractivity contribution < 1.29 is 0 Å². The van der Waals surface area contributed by atoms with Gasteiger partial charge in [-0.3, -0.25) is 0 Å². The van der Waals surface area contributed by atoms with E-state index in [0.29, 0.717) is 6.04 Å². The maximum Gasteiger partial charge on any atom is 0.0345 e. The van der Waals surface area contributed by atoms with Crippen LogP contribution < -0.4 is 5.32 Å². The van der Waals surface area contributed by atoms with Crippen molar-refractivity contribution in [3.8, 4) is 0 Å². The van der Waals surface area contributed by atoms with Crippen molar-refractivity contribution in [3.63, 3.8) is 0 Å². The Morgan fingerprint density at radius 1 is 1.00 bits per heavy atom. The van der Waals surface area contributed by atoms with Crippen LogP contribution in [0.5, 0.6) is 0 Å². The van der Waals surface area contributed by atoms with Crippen LogP contribution >= 0.6 is 0 Å². The van der Waals surface area contributed by atoms with E-state index in [0.717, 1.165) is 6.04 Å². The number of rotatable bonds is 2. The van der Waals surface area contributed by atoms with Gasteiger partial charge in [0.1, 0.15) is 0 Å². The Hall–Kier alpha value is -1.02. The Morgan fingerprint density at radius 2 is 1.95 bits per heavy atom. The Morgan fingerprint density at radius 3 is 2.95 bits per heavy atom. The molecule has 2 saturated heterocycles. The fourth-order valence-electron chi connectivity index (χ4n) is 4.25. The molecule has 0 radical (unpaired) electrons. The number of benzene rings is 1. The first-order valence-electron chi connectivity index (χ1n) is 8.01. The maximum absolute atomic E-state index is 3.80. The number of anilines is 1. The van der Waals surface area contributed by atoms with Gasteiger partial charge in [-0.15, -0.1) is 0 Å². The molecule has 1 aliphatic carbocycles. The molecule has 2 atom stereocenters. The van der Waals surface area contributed by atoms with Gasteiger partial charge in [-0.1, -0.05) is 6.07 Å². The standard InChI is InChI=1S/C17H24N2/c1-3-13-6-7-15(11-14(13)4-1)18-16-8-10-19-9-2-5-17(19)12-16/h6-7,11,16-18H,1-5,8-10,12H2. The van der Waals surface area contributed by atoms with Crippen LogP contribution in [0.25, 0.3) is 0 Å². The summed E-state index contributed by atoms with van der Waals surface area (Å²) in [5, 5.41) is 3.80. The van der Waals surface area contributed by atoms with E-state index >= 15 is 0 Å². The number of aryl methyl sites for hydroxylation is 2. The highest BCUT2D eigenvalue weighted by Gasteiger charge is 2.31. The second kappa shape index (κ2) is 4.82. The topological polar surface area (TPSA) is 15.3 Å². The predicted molar refractivity (Wildman–Crippen MR) is 79.7 cm³/mol. The van der Waals surface area contributed by atoms with E-state index in [9.17, 15) is 0 Å². The number of fused-ring (bicyclic) bond motifs is 2. The van der Waals surface area contributed by atoms with Gasteiger partial charge in [-0.2, -0.15) is 0 Å². The number of hydrogen-bond donors (Lipinski definition) is 1. The van der Waals surface area contributed by atoms with Gasteiger partial charge in [0.25, 0.3) is 0 Å². The molecule has 2 heteroatoms. The van der Waals surface area contributed by atoms with Gasteiger partial charge in [0, 0.05) is 24.3 Å². The number of nitrogens with one attached hydrogen (secondary N) is 1. The lowest BCUT2D eigenvalue weighted by Gasteiger charge is -2.35. The summed E-state index contributed by atoms with van der Waals surface area (Å²) in [6, 6.07) is 8.60. The Kier molecular flexibility index (Phi) is 2.99. The molecule has 2 unspecified atom stereocenters. The molecule has 1 aromatic rings. The maximum atomic E-state index is 3.80. The molecule has 0 spiro atoms. The molecule has 0 amide bonds. The molecule has 19 heavy (non-hydrogen) atoms. The summed E-state index contributed by atoms with van der Waals surface area (Å²) < 4.78 is 0. The highest BCUT2D eigenvalue weighted by atomic mass is 15.2. The van der Waals surface area contributed by atoms with Crippen LogP contribution in [0.2, 0.25) is 0 Å². The molecule has 2 aliphatic heterocycles. The second-order valence-electron chi connectivity index (χ2n) is 6.53. The lowest BCUT2D eigenvalue weighted by atomic mass is 9.97. The lowest BCUT2D eigenvalue weighted by molar-refractivity contribution is 0.188. The van der Waals surface area contributed by atoms with Gasteiger partial charge >= 0.3 is 0 Å². The molecule has 2 nitrogen and oxygen atoms in total. The molecule has 1 aromatic carbocycles. The summed E-state index contributed by atoms with van der Waals surface area (Å²) >= 11 is 0. The molecule has 2 fully saturated rings. The molecule has 4 rings (SSSR count). The van der Waals surface area contributed by atoms with E-state index < -0.39 is 0 Å². The van der Waals surface area contributed by atoms with E-state index in [2.05, 4.69) is 28.4 Å². The zero-order valence-electron chi connectivity index (χ0n) is 11.7. The fraction of sp³-hybridized carbons (Fsp3) is 0.647. The minimum Gasteiger partial charge on any atom is -0.382 e. The monoisotopic (exact) mass is 256 g/mol. The first-order valence-corrected chi connectivity index (χ1v) is 8.01. The third-order valence-electron chi connectivity index (χ3n) is 5.29. The van der Waals surface area contributed by atoms with E-state index in [-0.39, 0.29) is 0 Å². The summed E-state index contributed by atoms with van der Waals surface area (Å²) in [5.74, 6) is 0. The van der Waals surface area contributed by atoms with Gasteiger partial charge < -0.3 is 10.2 Å². The van der Waals surface area contributed by atoms with Crippen molar-refractivity contribution in [1.82, 2.24) is 4.90 Å². The third kappa shape index (κ3) is 2.27. The average Bonchev–Trinajstić information content (AvgIpc) is 3.05. The van der Waals surface area contributed by atoms with E-state index in [1.165, 1.54) is 63.7 Å². The van der Waals surface area contributed by atoms with Crippen molar-refractivity contribution >= 4 is 5.69 Å². The normalized spacial score (nSPS) is 30.1. The van der Waals surface area contributed by atoms with E-state index in [4.69, 9.17) is 0 Å². The molecule has 0 aromatic heterocycles. The predicted octanol–water partition coefficient (Wildman–Crippen LogP) is 3.21. The van der Waals surface area contributed by atoms with Gasteiger partial charge in [0.05, 0.1) is 0 Å². The van der Waals surface area contributed by atoms with Crippen LogP contribution in [-0.2, 0) is 12.8 Å². The van der Waals surface area contributed by atoms with Gasteiger partial charge in [0.2, 0.25) is 0 Å². The minimum atomic E-state index is 0.693. The first kappa shape index (κ1) is 11.8. The smallest absolute Gasteiger partial charge is 0.0345 e. The van der Waals surface area contributed by atoms with E-state index in [1.54, 1.807) is 11.1 Å². The molecule has 3 aliphatic rings. The van der Waals surface area contributed by atoms with Crippen LogP contribution in [0.3, 0.4) is 0 Å². The van der Waals surface area contributed by atoms with Gasteiger partial charge in [0.15, 0.2) is 0 Å². The van der Waals surface area contributed by atoms with Gasteiger partial charge in [-0.25, -0.2) is 0 Å². The zero-order chi connectivity index (χ0) is 12.7. The van der Waals surface area contributed by atoms with Crippen molar-refractivity contribution in [2.24, 2.45) is 0 Å². The molecular weight excluding hydrogens is 232 g/mol. The van der Waals surface area contributed by atoms with Gasteiger partial charge in [-0.05, 0) is 74.8 Å². The largest absolute Gasteiger partial charge is 0.382 e. The van der Waals surface area contributed by atoms with Crippen LogP contribution in [0, 0.1) is 0 Å².